The summed E-state index contributed by atoms with van der Waals surface area (Å²) in [5, 5.41) is 2.09. The fraction of sp³-hybridized carbons (Fsp3) is 0.263. The van der Waals surface area contributed by atoms with Crippen molar-refractivity contribution in [2.24, 2.45) is 0 Å². The van der Waals surface area contributed by atoms with Gasteiger partial charge >= 0.3 is 0 Å². The maximum Gasteiger partial charge on any atom is 0.188 e. The van der Waals surface area contributed by atoms with E-state index in [1.54, 1.807) is 22.7 Å². The first-order valence-corrected chi connectivity index (χ1v) is 11.0. The smallest absolute Gasteiger partial charge is 0.188 e. The van der Waals surface area contributed by atoms with E-state index in [1.165, 1.54) is 9.40 Å². The average Bonchev–Trinajstić information content (AvgIpc) is 3.32. The van der Waals surface area contributed by atoms with Crippen LogP contribution >= 0.6 is 34.3 Å². The van der Waals surface area contributed by atoms with Gasteiger partial charge in [-0.15, -0.1) is 11.6 Å². The number of nitrogens with zero attached hydrogens (tertiary/aromatic N) is 5. The Hall–Kier alpha value is -1.93. The molecular weight excluding hydrogens is 398 g/mol. The lowest BCUT2D eigenvalue weighted by molar-refractivity contribution is 0.255. The minimum atomic E-state index is 0.612. The van der Waals surface area contributed by atoms with E-state index in [0.29, 0.717) is 5.88 Å². The van der Waals surface area contributed by atoms with E-state index in [1.807, 2.05) is 12.1 Å². The Morgan fingerprint density at radius 3 is 1.78 bits per heavy atom. The van der Waals surface area contributed by atoms with Crippen LogP contribution in [-0.4, -0.2) is 47.3 Å². The van der Waals surface area contributed by atoms with E-state index in [-0.39, 0.29) is 0 Å². The van der Waals surface area contributed by atoms with Crippen LogP contribution in [0.2, 0.25) is 0 Å². The van der Waals surface area contributed by atoms with Crippen molar-refractivity contribution in [1.82, 2.24) is 14.9 Å². The number of alkyl halides is 1. The topological polar surface area (TPSA) is 35.5 Å². The molecule has 1 aliphatic rings. The fourth-order valence-corrected chi connectivity index (χ4v) is 5.46. The highest BCUT2D eigenvalue weighted by Gasteiger charge is 2.27. The Bertz CT molecular complexity index is 930. The SMILES string of the molecule is ClCCN1CN(c2nc3ccccc3s2)CN(c2nc3ccccc3s2)C1. The number of aromatic nitrogens is 2. The van der Waals surface area contributed by atoms with Crippen LogP contribution < -0.4 is 9.80 Å². The van der Waals surface area contributed by atoms with Crippen molar-refractivity contribution in [1.29, 1.82) is 0 Å². The molecule has 0 radical (unpaired) electrons. The number of halogens is 1. The first-order chi connectivity index (χ1) is 13.3. The Morgan fingerprint density at radius 1 is 0.778 bits per heavy atom. The molecule has 0 N–H and O–H groups in total. The molecule has 0 atom stereocenters. The van der Waals surface area contributed by atoms with E-state index >= 15 is 0 Å². The molecular formula is C19H18ClN5S2. The molecule has 1 fully saturated rings. The summed E-state index contributed by atoms with van der Waals surface area (Å²) in [5.41, 5.74) is 2.11. The van der Waals surface area contributed by atoms with Crippen LogP contribution in [0.15, 0.2) is 48.5 Å². The summed E-state index contributed by atoms with van der Waals surface area (Å²) >= 11 is 9.52. The standard InChI is InChI=1S/C19H18ClN5S2/c20-9-10-23-11-24(18-21-14-5-1-3-7-16(14)26-18)13-25(12-23)19-22-15-6-2-4-8-17(15)27-19/h1-8H,9-13H2. The number of thiazole rings is 2. The lowest BCUT2D eigenvalue weighted by Crippen LogP contribution is -2.55. The van der Waals surface area contributed by atoms with Crippen molar-refractivity contribution in [3.05, 3.63) is 48.5 Å². The van der Waals surface area contributed by atoms with Gasteiger partial charge in [-0.25, -0.2) is 9.97 Å². The molecule has 2 aromatic heterocycles. The van der Waals surface area contributed by atoms with E-state index in [4.69, 9.17) is 21.6 Å². The largest absolute Gasteiger partial charge is 0.317 e. The maximum atomic E-state index is 6.05. The zero-order valence-corrected chi connectivity index (χ0v) is 17.0. The van der Waals surface area contributed by atoms with Crippen molar-refractivity contribution < 1.29 is 0 Å². The first kappa shape index (κ1) is 17.2. The first-order valence-electron chi connectivity index (χ1n) is 8.79. The number of hydrogen-bond donors (Lipinski definition) is 0. The lowest BCUT2D eigenvalue weighted by Gasteiger charge is -2.41. The number of para-hydroxylation sites is 2. The number of rotatable bonds is 4. The van der Waals surface area contributed by atoms with Gasteiger partial charge in [-0.3, -0.25) is 4.90 Å². The number of anilines is 2. The third-order valence-corrected chi connectivity index (χ3v) is 6.95. The third kappa shape index (κ3) is 3.36. The second-order valence-corrected chi connectivity index (χ2v) is 8.91. The van der Waals surface area contributed by atoms with Crippen molar-refractivity contribution in [3.8, 4) is 0 Å². The minimum absolute atomic E-state index is 0.612. The van der Waals surface area contributed by atoms with Crippen molar-refractivity contribution in [3.63, 3.8) is 0 Å². The van der Waals surface area contributed by atoms with Crippen molar-refractivity contribution >= 4 is 65.0 Å². The van der Waals surface area contributed by atoms with Crippen LogP contribution in [0.4, 0.5) is 10.3 Å². The molecule has 8 heteroatoms. The molecule has 138 valence electrons. The van der Waals surface area contributed by atoms with Crippen LogP contribution in [0.3, 0.4) is 0 Å². The molecule has 0 unspecified atom stereocenters. The van der Waals surface area contributed by atoms with Crippen LogP contribution in [-0.2, 0) is 0 Å². The summed E-state index contributed by atoms with van der Waals surface area (Å²) in [6, 6.07) is 16.6. The highest BCUT2D eigenvalue weighted by Crippen LogP contribution is 2.33. The van der Waals surface area contributed by atoms with E-state index in [2.05, 4.69) is 51.1 Å². The van der Waals surface area contributed by atoms with Gasteiger partial charge in [-0.05, 0) is 24.3 Å². The molecule has 3 heterocycles. The summed E-state index contributed by atoms with van der Waals surface area (Å²) in [4.78, 5) is 16.7. The van der Waals surface area contributed by atoms with E-state index in [9.17, 15) is 0 Å². The molecule has 0 bridgehead atoms. The van der Waals surface area contributed by atoms with Gasteiger partial charge in [0.25, 0.3) is 0 Å². The molecule has 0 saturated carbocycles. The molecule has 0 spiro atoms. The summed E-state index contributed by atoms with van der Waals surface area (Å²) in [5.74, 6) is 0.612. The number of benzene rings is 2. The second-order valence-electron chi connectivity index (χ2n) is 6.52. The normalized spacial score (nSPS) is 15.9. The zero-order valence-electron chi connectivity index (χ0n) is 14.6. The van der Waals surface area contributed by atoms with Crippen molar-refractivity contribution in [2.45, 2.75) is 0 Å². The van der Waals surface area contributed by atoms with Gasteiger partial charge in [-0.2, -0.15) is 0 Å². The van der Waals surface area contributed by atoms with Crippen LogP contribution in [0, 0.1) is 0 Å². The molecule has 27 heavy (non-hydrogen) atoms. The Labute approximate surface area is 170 Å². The molecule has 1 saturated heterocycles. The molecule has 5 rings (SSSR count). The molecule has 1 aliphatic heterocycles. The summed E-state index contributed by atoms with van der Waals surface area (Å²) in [6.07, 6.45) is 0. The predicted octanol–water partition coefficient (Wildman–Crippen LogP) is 4.65. The van der Waals surface area contributed by atoms with Crippen LogP contribution in [0.5, 0.6) is 0 Å². The maximum absolute atomic E-state index is 6.05. The summed E-state index contributed by atoms with van der Waals surface area (Å²) < 4.78 is 2.43. The van der Waals surface area contributed by atoms with Gasteiger partial charge in [-0.1, -0.05) is 46.9 Å². The Morgan fingerprint density at radius 2 is 1.30 bits per heavy atom. The number of hydrogen-bond acceptors (Lipinski definition) is 7. The Kier molecular flexibility index (Phi) is 4.61. The van der Waals surface area contributed by atoms with Crippen molar-refractivity contribution in [2.75, 3.05) is 42.2 Å². The van der Waals surface area contributed by atoms with Gasteiger partial charge in [0.05, 0.1) is 40.4 Å². The molecule has 0 amide bonds. The fourth-order valence-electron chi connectivity index (χ4n) is 3.32. The molecule has 0 aliphatic carbocycles. The lowest BCUT2D eigenvalue weighted by atomic mass is 10.3. The van der Waals surface area contributed by atoms with Gasteiger partial charge in [0.15, 0.2) is 10.3 Å². The van der Waals surface area contributed by atoms with Gasteiger partial charge < -0.3 is 9.80 Å². The molecule has 2 aromatic carbocycles. The minimum Gasteiger partial charge on any atom is -0.317 e. The predicted molar refractivity (Wildman–Crippen MR) is 116 cm³/mol. The van der Waals surface area contributed by atoms with Gasteiger partial charge in [0.1, 0.15) is 0 Å². The summed E-state index contributed by atoms with van der Waals surface area (Å²) in [6.45, 7) is 3.27. The van der Waals surface area contributed by atoms with Crippen LogP contribution in [0.25, 0.3) is 20.4 Å². The van der Waals surface area contributed by atoms with Crippen LogP contribution in [0.1, 0.15) is 0 Å². The highest BCUT2D eigenvalue weighted by molar-refractivity contribution is 7.22. The Balaban J connectivity index is 1.48. The highest BCUT2D eigenvalue weighted by atomic mass is 35.5. The average molecular weight is 416 g/mol. The van der Waals surface area contributed by atoms with E-state index < -0.39 is 0 Å². The quantitative estimate of drug-likeness (QED) is 0.453. The second kappa shape index (κ2) is 7.24. The zero-order chi connectivity index (χ0) is 18.2. The number of fused-ring (bicyclic) bond motifs is 2. The van der Waals surface area contributed by atoms with Gasteiger partial charge in [0, 0.05) is 12.4 Å². The monoisotopic (exact) mass is 415 g/mol. The van der Waals surface area contributed by atoms with E-state index in [0.717, 1.165) is 47.8 Å². The summed E-state index contributed by atoms with van der Waals surface area (Å²) in [7, 11) is 0. The molecule has 5 nitrogen and oxygen atoms in total. The molecule has 4 aromatic rings. The third-order valence-electron chi connectivity index (χ3n) is 4.59. The van der Waals surface area contributed by atoms with Gasteiger partial charge in [0.2, 0.25) is 0 Å².